The van der Waals surface area contributed by atoms with Crippen LogP contribution in [0.2, 0.25) is 0 Å². The number of carbonyl (C=O) groups is 1. The van der Waals surface area contributed by atoms with E-state index in [1.54, 1.807) is 0 Å². The summed E-state index contributed by atoms with van der Waals surface area (Å²) in [4.78, 5) is 12.1. The number of anilines is 1. The number of nitrogens with one attached hydrogen (secondary N) is 1. The van der Waals surface area contributed by atoms with E-state index in [1.807, 2.05) is 0 Å². The van der Waals surface area contributed by atoms with E-state index in [-0.39, 0.29) is 22.8 Å². The Hall–Kier alpha value is -1.58. The number of ether oxygens (including phenoxy) is 1. The van der Waals surface area contributed by atoms with Crippen LogP contribution in [0.25, 0.3) is 0 Å². The molecule has 2 aliphatic rings. The maximum atomic E-state index is 12.8. The van der Waals surface area contributed by atoms with Gasteiger partial charge in [-0.2, -0.15) is 0 Å². The Morgan fingerprint density at radius 1 is 1.29 bits per heavy atom. The molecule has 0 heterocycles. The van der Waals surface area contributed by atoms with Crippen molar-refractivity contribution in [2.24, 2.45) is 16.7 Å². The van der Waals surface area contributed by atoms with Crippen molar-refractivity contribution in [3.05, 3.63) is 30.1 Å². The molecule has 2 bridgehead atoms. The summed E-state index contributed by atoms with van der Waals surface area (Å²) in [5, 5.41) is 2.67. The lowest BCUT2D eigenvalue weighted by atomic mass is 9.70. The standard InChI is InChI=1S/C17H22FNO2/c1-16(2)11-8-9-17(16,3)14(10-11)21-15(20)19-13-6-4-12(18)5-7-13/h4-7,11,14H,8-10H2,1-3H3,(H,19,20)/t11-,14-,17-/m1/s1. The first-order valence-corrected chi connectivity index (χ1v) is 7.56. The number of hydrogen-bond donors (Lipinski definition) is 1. The van der Waals surface area contributed by atoms with E-state index >= 15 is 0 Å². The molecule has 4 heteroatoms. The maximum Gasteiger partial charge on any atom is 0.411 e. The van der Waals surface area contributed by atoms with Crippen LogP contribution in [0, 0.1) is 22.6 Å². The molecule has 0 aromatic heterocycles. The molecule has 1 aromatic rings. The Kier molecular flexibility index (Phi) is 3.23. The molecule has 3 nitrogen and oxygen atoms in total. The average molecular weight is 291 g/mol. The fraction of sp³-hybridized carbons (Fsp3) is 0.588. The van der Waals surface area contributed by atoms with Crippen molar-refractivity contribution in [3.8, 4) is 0 Å². The molecule has 1 aromatic carbocycles. The van der Waals surface area contributed by atoms with Gasteiger partial charge in [0.2, 0.25) is 0 Å². The average Bonchev–Trinajstić information content (AvgIpc) is 2.74. The molecule has 1 amide bonds. The molecule has 2 aliphatic carbocycles. The lowest BCUT2D eigenvalue weighted by Gasteiger charge is -2.38. The van der Waals surface area contributed by atoms with Crippen LogP contribution < -0.4 is 5.32 Å². The zero-order chi connectivity index (χ0) is 15.3. The second-order valence-electron chi connectivity index (χ2n) is 7.14. The van der Waals surface area contributed by atoms with Gasteiger partial charge < -0.3 is 4.74 Å². The Morgan fingerprint density at radius 2 is 1.95 bits per heavy atom. The van der Waals surface area contributed by atoms with Crippen LogP contribution in [0.4, 0.5) is 14.9 Å². The van der Waals surface area contributed by atoms with Gasteiger partial charge in [0.1, 0.15) is 11.9 Å². The van der Waals surface area contributed by atoms with Gasteiger partial charge in [0.25, 0.3) is 0 Å². The highest BCUT2D eigenvalue weighted by Gasteiger charge is 2.62. The number of halogens is 1. The van der Waals surface area contributed by atoms with Crippen LogP contribution >= 0.6 is 0 Å². The number of benzene rings is 1. The summed E-state index contributed by atoms with van der Waals surface area (Å²) < 4.78 is 18.5. The quantitative estimate of drug-likeness (QED) is 0.865. The minimum atomic E-state index is -0.448. The molecule has 2 saturated carbocycles. The second-order valence-corrected chi connectivity index (χ2v) is 7.14. The summed E-state index contributed by atoms with van der Waals surface area (Å²) in [6.07, 6.45) is 2.80. The van der Waals surface area contributed by atoms with E-state index in [2.05, 4.69) is 26.1 Å². The Labute approximate surface area is 124 Å². The van der Waals surface area contributed by atoms with Crippen molar-refractivity contribution < 1.29 is 13.9 Å². The second kappa shape index (κ2) is 4.72. The van der Waals surface area contributed by atoms with Crippen molar-refractivity contribution in [2.75, 3.05) is 5.32 Å². The van der Waals surface area contributed by atoms with Crippen LogP contribution in [0.1, 0.15) is 40.0 Å². The summed E-state index contributed by atoms with van der Waals surface area (Å²) in [5.41, 5.74) is 0.819. The Balaban J connectivity index is 1.65. The first-order chi connectivity index (χ1) is 9.83. The molecule has 0 saturated heterocycles. The van der Waals surface area contributed by atoms with Crippen LogP contribution in [0.5, 0.6) is 0 Å². The van der Waals surface area contributed by atoms with E-state index in [4.69, 9.17) is 4.74 Å². The molecule has 0 spiro atoms. The van der Waals surface area contributed by atoms with E-state index < -0.39 is 6.09 Å². The van der Waals surface area contributed by atoms with Gasteiger partial charge in [-0.3, -0.25) is 5.32 Å². The van der Waals surface area contributed by atoms with Crippen molar-refractivity contribution >= 4 is 11.8 Å². The van der Waals surface area contributed by atoms with E-state index in [9.17, 15) is 9.18 Å². The fourth-order valence-corrected chi connectivity index (χ4v) is 4.12. The van der Waals surface area contributed by atoms with Crippen LogP contribution in [-0.2, 0) is 4.74 Å². The molecule has 3 rings (SSSR count). The molecule has 0 aliphatic heterocycles. The molecular weight excluding hydrogens is 269 g/mol. The topological polar surface area (TPSA) is 38.3 Å². The summed E-state index contributed by atoms with van der Waals surface area (Å²) in [5.74, 6) is 0.308. The van der Waals surface area contributed by atoms with Crippen molar-refractivity contribution in [3.63, 3.8) is 0 Å². The molecule has 0 radical (unpaired) electrons. The predicted octanol–water partition coefficient (Wildman–Crippen LogP) is 4.59. The third-order valence-electron chi connectivity index (χ3n) is 6.05. The fourth-order valence-electron chi connectivity index (χ4n) is 4.12. The minimum absolute atomic E-state index is 0.0355. The monoisotopic (exact) mass is 291 g/mol. The molecule has 1 N–H and O–H groups in total. The van der Waals surface area contributed by atoms with Gasteiger partial charge in [-0.1, -0.05) is 20.8 Å². The molecular formula is C17H22FNO2. The highest BCUT2D eigenvalue weighted by molar-refractivity contribution is 5.84. The van der Waals surface area contributed by atoms with Crippen molar-refractivity contribution in [1.29, 1.82) is 0 Å². The van der Waals surface area contributed by atoms with Gasteiger partial charge >= 0.3 is 6.09 Å². The lowest BCUT2D eigenvalue weighted by molar-refractivity contribution is 0.00148. The number of carbonyl (C=O) groups excluding carboxylic acids is 1. The number of amides is 1. The third-order valence-corrected chi connectivity index (χ3v) is 6.05. The zero-order valence-electron chi connectivity index (χ0n) is 12.8. The van der Waals surface area contributed by atoms with Gasteiger partial charge in [-0.25, -0.2) is 9.18 Å². The summed E-state index contributed by atoms with van der Waals surface area (Å²) in [6.45, 7) is 6.80. The van der Waals surface area contributed by atoms with Gasteiger partial charge in [0.05, 0.1) is 0 Å². The van der Waals surface area contributed by atoms with E-state index in [0.717, 1.165) is 12.8 Å². The SMILES string of the molecule is CC1(C)[C@@H]2CC[C@]1(C)[C@H](OC(=O)Nc1ccc(F)cc1)C2. The first kappa shape index (κ1) is 14.4. The first-order valence-electron chi connectivity index (χ1n) is 7.56. The molecule has 21 heavy (non-hydrogen) atoms. The Bertz CT molecular complexity index is 554. The highest BCUT2D eigenvalue weighted by Crippen LogP contribution is 2.66. The van der Waals surface area contributed by atoms with Crippen LogP contribution in [-0.4, -0.2) is 12.2 Å². The predicted molar refractivity (Wildman–Crippen MR) is 79.5 cm³/mol. The van der Waals surface area contributed by atoms with Gasteiger partial charge in [-0.05, 0) is 54.9 Å². The van der Waals surface area contributed by atoms with E-state index in [0.29, 0.717) is 11.6 Å². The van der Waals surface area contributed by atoms with Gasteiger partial charge in [0, 0.05) is 11.1 Å². The molecule has 114 valence electrons. The summed E-state index contributed by atoms with van der Waals surface area (Å²) >= 11 is 0. The number of fused-ring (bicyclic) bond motifs is 2. The molecule has 3 atom stereocenters. The van der Waals surface area contributed by atoms with Gasteiger partial charge in [-0.15, -0.1) is 0 Å². The number of rotatable bonds is 2. The zero-order valence-corrected chi connectivity index (χ0v) is 12.8. The number of hydrogen-bond acceptors (Lipinski definition) is 2. The smallest absolute Gasteiger partial charge is 0.411 e. The summed E-state index contributed by atoms with van der Waals surface area (Å²) in [6, 6.07) is 5.70. The normalized spacial score (nSPS) is 33.0. The summed E-state index contributed by atoms with van der Waals surface area (Å²) in [7, 11) is 0. The third kappa shape index (κ3) is 2.21. The van der Waals surface area contributed by atoms with Crippen LogP contribution in [0.15, 0.2) is 24.3 Å². The minimum Gasteiger partial charge on any atom is -0.445 e. The van der Waals surface area contributed by atoms with E-state index in [1.165, 1.54) is 30.7 Å². The highest BCUT2D eigenvalue weighted by atomic mass is 19.1. The molecule has 0 unspecified atom stereocenters. The van der Waals surface area contributed by atoms with Crippen molar-refractivity contribution in [2.45, 2.75) is 46.1 Å². The Morgan fingerprint density at radius 3 is 2.48 bits per heavy atom. The lowest BCUT2D eigenvalue weighted by Crippen LogP contribution is -2.39. The van der Waals surface area contributed by atoms with Crippen molar-refractivity contribution in [1.82, 2.24) is 0 Å². The largest absolute Gasteiger partial charge is 0.445 e. The van der Waals surface area contributed by atoms with Crippen LogP contribution in [0.3, 0.4) is 0 Å². The molecule has 2 fully saturated rings. The maximum absolute atomic E-state index is 12.8. The van der Waals surface area contributed by atoms with Gasteiger partial charge in [0.15, 0.2) is 0 Å².